The van der Waals surface area contributed by atoms with Crippen LogP contribution < -0.4 is 4.74 Å². The normalized spacial score (nSPS) is 17.9. The van der Waals surface area contributed by atoms with Crippen LogP contribution in [-0.4, -0.2) is 32.9 Å². The van der Waals surface area contributed by atoms with E-state index >= 15 is 0 Å². The van der Waals surface area contributed by atoms with Crippen LogP contribution in [0, 0.1) is 0 Å². The molecule has 1 aliphatic carbocycles. The minimum absolute atomic E-state index is 0.0854. The highest BCUT2D eigenvalue weighted by molar-refractivity contribution is 7.90. The van der Waals surface area contributed by atoms with Gasteiger partial charge in [-0.05, 0) is 30.5 Å². The topological polar surface area (TPSA) is 80.7 Å². The molecule has 5 nitrogen and oxygen atoms in total. The molecule has 0 amide bonds. The maximum absolute atomic E-state index is 11.7. The third-order valence-electron chi connectivity index (χ3n) is 3.98. The number of aliphatic carboxylic acids is 1. The Morgan fingerprint density at radius 3 is 2.35 bits per heavy atom. The van der Waals surface area contributed by atoms with Crippen molar-refractivity contribution in [2.24, 2.45) is 0 Å². The number of ether oxygens (including phenoxy) is 1. The summed E-state index contributed by atoms with van der Waals surface area (Å²) >= 11 is 0. The standard InChI is InChI=1S/C14H18O5S/c1-19-11-9-10(5-6-12(11)20(2,17)18)14(13(15)16)7-3-4-8-14/h5-6,9H,3-4,7-8H2,1-2H3,(H,15,16). The van der Waals surface area contributed by atoms with Crippen LogP contribution in [0.3, 0.4) is 0 Å². The summed E-state index contributed by atoms with van der Waals surface area (Å²) < 4.78 is 28.4. The van der Waals surface area contributed by atoms with Crippen LogP contribution in [0.25, 0.3) is 0 Å². The predicted octanol–water partition coefficient (Wildman–Crippen LogP) is 2.00. The minimum atomic E-state index is -3.40. The van der Waals surface area contributed by atoms with Crippen molar-refractivity contribution in [3.63, 3.8) is 0 Å². The number of rotatable bonds is 4. The van der Waals surface area contributed by atoms with Crippen molar-refractivity contribution in [3.05, 3.63) is 23.8 Å². The van der Waals surface area contributed by atoms with Gasteiger partial charge in [-0.25, -0.2) is 8.42 Å². The first-order valence-electron chi connectivity index (χ1n) is 6.43. The van der Waals surface area contributed by atoms with Gasteiger partial charge in [-0.15, -0.1) is 0 Å². The molecule has 0 heterocycles. The number of benzene rings is 1. The number of methoxy groups -OCH3 is 1. The lowest BCUT2D eigenvalue weighted by Gasteiger charge is -2.25. The van der Waals surface area contributed by atoms with E-state index in [0.717, 1.165) is 19.1 Å². The summed E-state index contributed by atoms with van der Waals surface area (Å²) in [6, 6.07) is 4.58. The Labute approximate surface area is 118 Å². The second-order valence-corrected chi connectivity index (χ2v) is 7.22. The molecular weight excluding hydrogens is 280 g/mol. The molecule has 0 unspecified atom stereocenters. The number of hydrogen-bond donors (Lipinski definition) is 1. The van der Waals surface area contributed by atoms with Gasteiger partial charge in [0.05, 0.1) is 12.5 Å². The fourth-order valence-corrected chi connectivity index (χ4v) is 3.70. The molecule has 6 heteroatoms. The summed E-state index contributed by atoms with van der Waals surface area (Å²) in [6.45, 7) is 0. The Morgan fingerprint density at radius 2 is 1.90 bits per heavy atom. The van der Waals surface area contributed by atoms with E-state index in [1.807, 2.05) is 0 Å². The monoisotopic (exact) mass is 298 g/mol. The largest absolute Gasteiger partial charge is 0.495 e. The lowest BCUT2D eigenvalue weighted by atomic mass is 9.79. The first-order chi connectivity index (χ1) is 9.31. The van der Waals surface area contributed by atoms with Crippen LogP contribution in [0.2, 0.25) is 0 Å². The van der Waals surface area contributed by atoms with Crippen molar-refractivity contribution in [1.29, 1.82) is 0 Å². The molecule has 110 valence electrons. The van der Waals surface area contributed by atoms with Gasteiger partial charge in [0.1, 0.15) is 10.6 Å². The molecule has 0 radical (unpaired) electrons. The Hall–Kier alpha value is -1.56. The van der Waals surface area contributed by atoms with Crippen LogP contribution in [0.1, 0.15) is 31.2 Å². The zero-order valence-corrected chi connectivity index (χ0v) is 12.4. The van der Waals surface area contributed by atoms with E-state index in [9.17, 15) is 18.3 Å². The maximum Gasteiger partial charge on any atom is 0.314 e. The molecule has 0 spiro atoms. The van der Waals surface area contributed by atoms with Crippen molar-refractivity contribution < 1.29 is 23.1 Å². The van der Waals surface area contributed by atoms with E-state index in [-0.39, 0.29) is 10.6 Å². The molecule has 0 aromatic heterocycles. The molecule has 1 N–H and O–H groups in total. The van der Waals surface area contributed by atoms with Gasteiger partial charge < -0.3 is 9.84 Å². The number of sulfone groups is 1. The van der Waals surface area contributed by atoms with E-state index in [4.69, 9.17) is 4.74 Å². The SMILES string of the molecule is COc1cc(C2(C(=O)O)CCCC2)ccc1S(C)(=O)=O. The van der Waals surface area contributed by atoms with E-state index in [1.165, 1.54) is 13.2 Å². The Bertz CT molecular complexity index is 627. The molecule has 1 saturated carbocycles. The quantitative estimate of drug-likeness (QED) is 0.919. The van der Waals surface area contributed by atoms with Crippen molar-refractivity contribution in [1.82, 2.24) is 0 Å². The van der Waals surface area contributed by atoms with E-state index in [2.05, 4.69) is 0 Å². The zero-order valence-electron chi connectivity index (χ0n) is 11.5. The summed E-state index contributed by atoms with van der Waals surface area (Å²) in [5.41, 5.74) is -0.296. The lowest BCUT2D eigenvalue weighted by Crippen LogP contribution is -2.32. The molecule has 0 saturated heterocycles. The van der Waals surface area contributed by atoms with E-state index < -0.39 is 21.2 Å². The van der Waals surface area contributed by atoms with Crippen LogP contribution in [0.4, 0.5) is 0 Å². The zero-order chi connectivity index (χ0) is 15.0. The fraction of sp³-hybridized carbons (Fsp3) is 0.500. The molecule has 0 atom stereocenters. The molecule has 20 heavy (non-hydrogen) atoms. The molecule has 1 fully saturated rings. The molecule has 1 aromatic rings. The highest BCUT2D eigenvalue weighted by atomic mass is 32.2. The summed E-state index contributed by atoms with van der Waals surface area (Å²) in [6.07, 6.45) is 3.98. The average molecular weight is 298 g/mol. The smallest absolute Gasteiger partial charge is 0.314 e. The molecule has 0 aliphatic heterocycles. The summed E-state index contributed by atoms with van der Waals surface area (Å²) in [7, 11) is -2.01. The molecular formula is C14H18O5S. The molecule has 1 aromatic carbocycles. The van der Waals surface area contributed by atoms with Gasteiger partial charge >= 0.3 is 5.97 Å². The Balaban J connectivity index is 2.57. The highest BCUT2D eigenvalue weighted by Crippen LogP contribution is 2.43. The second-order valence-electron chi connectivity index (χ2n) is 5.23. The van der Waals surface area contributed by atoms with Gasteiger partial charge in [0.2, 0.25) is 0 Å². The van der Waals surface area contributed by atoms with Crippen molar-refractivity contribution in [3.8, 4) is 5.75 Å². The second kappa shape index (κ2) is 5.09. The summed E-state index contributed by atoms with van der Waals surface area (Å²) in [5, 5.41) is 9.55. The van der Waals surface area contributed by atoms with Crippen LogP contribution in [0.5, 0.6) is 5.75 Å². The Kier molecular flexibility index (Phi) is 3.77. The third kappa shape index (κ3) is 2.40. The van der Waals surface area contributed by atoms with Crippen LogP contribution in [-0.2, 0) is 20.0 Å². The third-order valence-corrected chi connectivity index (χ3v) is 5.12. The fourth-order valence-electron chi connectivity index (χ4n) is 2.88. The van der Waals surface area contributed by atoms with Gasteiger partial charge in [0, 0.05) is 6.26 Å². The van der Waals surface area contributed by atoms with Gasteiger partial charge in [-0.2, -0.15) is 0 Å². The first-order valence-corrected chi connectivity index (χ1v) is 8.32. The number of carboxylic acids is 1. The number of carbonyl (C=O) groups is 1. The Morgan fingerprint density at radius 1 is 1.30 bits per heavy atom. The van der Waals surface area contributed by atoms with Gasteiger partial charge in [-0.3, -0.25) is 4.79 Å². The minimum Gasteiger partial charge on any atom is -0.495 e. The van der Waals surface area contributed by atoms with Gasteiger partial charge in [0.15, 0.2) is 9.84 Å². The van der Waals surface area contributed by atoms with Gasteiger partial charge in [-0.1, -0.05) is 18.9 Å². The highest BCUT2D eigenvalue weighted by Gasteiger charge is 2.43. The van der Waals surface area contributed by atoms with E-state index in [0.29, 0.717) is 18.4 Å². The molecule has 0 bridgehead atoms. The molecule has 2 rings (SSSR count). The maximum atomic E-state index is 11.7. The average Bonchev–Trinajstić information content (AvgIpc) is 2.87. The predicted molar refractivity (Wildman–Crippen MR) is 73.9 cm³/mol. The molecule has 1 aliphatic rings. The summed E-state index contributed by atoms with van der Waals surface area (Å²) in [5.74, 6) is -0.651. The number of hydrogen-bond acceptors (Lipinski definition) is 4. The van der Waals surface area contributed by atoms with Crippen molar-refractivity contribution >= 4 is 15.8 Å². The van der Waals surface area contributed by atoms with Crippen LogP contribution >= 0.6 is 0 Å². The number of carboxylic acid groups (broad SMARTS) is 1. The van der Waals surface area contributed by atoms with Gasteiger partial charge in [0.25, 0.3) is 0 Å². The van der Waals surface area contributed by atoms with E-state index in [1.54, 1.807) is 12.1 Å². The first kappa shape index (κ1) is 14.8. The van der Waals surface area contributed by atoms with Crippen LogP contribution in [0.15, 0.2) is 23.1 Å². The summed E-state index contributed by atoms with van der Waals surface area (Å²) in [4.78, 5) is 11.7. The van der Waals surface area contributed by atoms with Crippen molar-refractivity contribution in [2.75, 3.05) is 13.4 Å². The van der Waals surface area contributed by atoms with Crippen molar-refractivity contribution in [2.45, 2.75) is 36.0 Å². The lowest BCUT2D eigenvalue weighted by molar-refractivity contribution is -0.143.